The van der Waals surface area contributed by atoms with Crippen molar-refractivity contribution in [2.75, 3.05) is 11.9 Å². The quantitative estimate of drug-likeness (QED) is 0.610. The maximum Gasteiger partial charge on any atom is 0.328 e. The average Bonchev–Trinajstić information content (AvgIpc) is 2.36. The molecule has 0 radical (unpaired) electrons. The molecule has 0 heterocycles. The predicted octanol–water partition coefficient (Wildman–Crippen LogP) is 2.32. The van der Waals surface area contributed by atoms with Crippen LogP contribution in [-0.4, -0.2) is 34.9 Å². The first-order valence-electron chi connectivity index (χ1n) is 4.91. The molecule has 0 aliphatic rings. The molecule has 19 heavy (non-hydrogen) atoms. The molecule has 1 unspecified atom stereocenters. The van der Waals surface area contributed by atoms with E-state index in [1.165, 1.54) is 6.07 Å². The van der Waals surface area contributed by atoms with Gasteiger partial charge in [0.15, 0.2) is 6.04 Å². The van der Waals surface area contributed by atoms with Crippen LogP contribution in [0.15, 0.2) is 16.6 Å². The number of amides is 2. The van der Waals surface area contributed by atoms with Crippen molar-refractivity contribution in [3.63, 3.8) is 0 Å². The Balaban J connectivity index is 2.78. The first-order valence-corrected chi connectivity index (χ1v) is 6.46. The van der Waals surface area contributed by atoms with Crippen LogP contribution >= 0.6 is 39.1 Å². The Hall–Kier alpha value is -1.02. The van der Waals surface area contributed by atoms with Gasteiger partial charge in [0, 0.05) is 4.47 Å². The van der Waals surface area contributed by atoms with Crippen molar-refractivity contribution in [2.24, 2.45) is 0 Å². The van der Waals surface area contributed by atoms with Crippen molar-refractivity contribution in [3.05, 3.63) is 26.7 Å². The maximum atomic E-state index is 11.5. The first kappa shape index (κ1) is 16.0. The lowest BCUT2D eigenvalue weighted by atomic mass is 10.3. The van der Waals surface area contributed by atoms with Crippen LogP contribution in [0.25, 0.3) is 0 Å². The highest BCUT2D eigenvalue weighted by Crippen LogP contribution is 2.35. The van der Waals surface area contributed by atoms with Crippen LogP contribution in [0, 0.1) is 0 Å². The highest BCUT2D eigenvalue weighted by Gasteiger charge is 2.19. The largest absolute Gasteiger partial charge is 0.480 e. The van der Waals surface area contributed by atoms with Gasteiger partial charge in [-0.1, -0.05) is 23.2 Å². The fourth-order valence-corrected chi connectivity index (χ4v) is 1.95. The number of anilines is 1. The molecule has 1 aromatic carbocycles. The van der Waals surface area contributed by atoms with Gasteiger partial charge < -0.3 is 20.8 Å². The zero-order valence-corrected chi connectivity index (χ0v) is 12.4. The van der Waals surface area contributed by atoms with E-state index in [1.807, 2.05) is 0 Å². The minimum absolute atomic E-state index is 0.113. The average molecular weight is 372 g/mol. The van der Waals surface area contributed by atoms with Crippen molar-refractivity contribution in [1.82, 2.24) is 5.32 Å². The predicted molar refractivity (Wildman–Crippen MR) is 74.8 cm³/mol. The Morgan fingerprint density at radius 3 is 2.47 bits per heavy atom. The third kappa shape index (κ3) is 4.24. The number of urea groups is 1. The van der Waals surface area contributed by atoms with Gasteiger partial charge in [0.05, 0.1) is 22.3 Å². The summed E-state index contributed by atoms with van der Waals surface area (Å²) in [7, 11) is 0. The minimum atomic E-state index is -1.40. The van der Waals surface area contributed by atoms with Crippen LogP contribution in [0.1, 0.15) is 0 Å². The van der Waals surface area contributed by atoms with Crippen LogP contribution in [0.3, 0.4) is 0 Å². The number of halogens is 3. The van der Waals surface area contributed by atoms with E-state index in [0.717, 1.165) is 0 Å². The molecule has 2 amide bonds. The number of carbonyl (C=O) groups is 2. The van der Waals surface area contributed by atoms with E-state index in [-0.39, 0.29) is 15.7 Å². The highest BCUT2D eigenvalue weighted by atomic mass is 79.9. The number of carboxylic acids is 1. The third-order valence-corrected chi connectivity index (χ3v) is 3.84. The zero-order valence-electron chi connectivity index (χ0n) is 9.28. The first-order chi connectivity index (χ1) is 8.86. The van der Waals surface area contributed by atoms with E-state index in [4.69, 9.17) is 33.4 Å². The molecule has 1 rings (SSSR count). The molecule has 0 spiro atoms. The molecule has 104 valence electrons. The maximum absolute atomic E-state index is 11.5. The Bertz CT molecular complexity index is 513. The number of aliphatic hydroxyl groups is 1. The van der Waals surface area contributed by atoms with Crippen molar-refractivity contribution in [1.29, 1.82) is 0 Å². The summed E-state index contributed by atoms with van der Waals surface area (Å²) in [5, 5.41) is 22.2. The van der Waals surface area contributed by atoms with Crippen molar-refractivity contribution < 1.29 is 19.8 Å². The second-order valence-corrected chi connectivity index (χ2v) is 5.01. The standard InChI is InChI=1S/C10H9BrCl2N2O4/c11-4-1-2-5(8(13)7(4)12)14-10(19)15-6(3-16)9(17)18/h1-2,6,16H,3H2,(H,17,18)(H2,14,15,19). The smallest absolute Gasteiger partial charge is 0.328 e. The molecule has 1 aromatic rings. The highest BCUT2D eigenvalue weighted by molar-refractivity contribution is 9.10. The van der Waals surface area contributed by atoms with Crippen molar-refractivity contribution in [3.8, 4) is 0 Å². The minimum Gasteiger partial charge on any atom is -0.480 e. The molecule has 0 saturated heterocycles. The summed E-state index contributed by atoms with van der Waals surface area (Å²) in [4.78, 5) is 22.2. The summed E-state index contributed by atoms with van der Waals surface area (Å²) >= 11 is 14.9. The summed E-state index contributed by atoms with van der Waals surface area (Å²) in [5.74, 6) is -1.35. The summed E-state index contributed by atoms with van der Waals surface area (Å²) in [6.45, 7) is -0.725. The Morgan fingerprint density at radius 1 is 1.32 bits per heavy atom. The van der Waals surface area contributed by atoms with Crippen LogP contribution < -0.4 is 10.6 Å². The zero-order chi connectivity index (χ0) is 14.6. The number of hydrogen-bond donors (Lipinski definition) is 4. The summed E-state index contributed by atoms with van der Waals surface area (Å²) < 4.78 is 0.559. The number of aliphatic hydroxyl groups excluding tert-OH is 1. The number of benzene rings is 1. The van der Waals surface area contributed by atoms with E-state index in [0.29, 0.717) is 4.47 Å². The molecule has 0 aliphatic heterocycles. The number of hydrogen-bond acceptors (Lipinski definition) is 3. The second kappa shape index (κ2) is 6.95. The molecule has 4 N–H and O–H groups in total. The number of carbonyl (C=O) groups excluding carboxylic acids is 1. The molecule has 1 atom stereocenters. The van der Waals surface area contributed by atoms with Gasteiger partial charge in [0.1, 0.15) is 0 Å². The van der Waals surface area contributed by atoms with E-state index < -0.39 is 24.6 Å². The van der Waals surface area contributed by atoms with Crippen LogP contribution in [0.4, 0.5) is 10.5 Å². The van der Waals surface area contributed by atoms with Gasteiger partial charge >= 0.3 is 12.0 Å². The third-order valence-electron chi connectivity index (χ3n) is 2.07. The van der Waals surface area contributed by atoms with Gasteiger partial charge in [-0.05, 0) is 28.1 Å². The van der Waals surface area contributed by atoms with Gasteiger partial charge in [-0.25, -0.2) is 9.59 Å². The van der Waals surface area contributed by atoms with E-state index in [1.54, 1.807) is 6.07 Å². The molecule has 0 bridgehead atoms. The molecule has 0 saturated carbocycles. The topological polar surface area (TPSA) is 98.7 Å². The van der Waals surface area contributed by atoms with Crippen molar-refractivity contribution in [2.45, 2.75) is 6.04 Å². The number of aliphatic carboxylic acids is 1. The molecule has 0 aliphatic carbocycles. The Morgan fingerprint density at radius 2 is 1.95 bits per heavy atom. The fourth-order valence-electron chi connectivity index (χ4n) is 1.12. The molecular formula is C10H9BrCl2N2O4. The lowest BCUT2D eigenvalue weighted by Crippen LogP contribution is -2.45. The fraction of sp³-hybridized carbons (Fsp3) is 0.200. The van der Waals surface area contributed by atoms with E-state index >= 15 is 0 Å². The molecule has 0 fully saturated rings. The number of rotatable bonds is 4. The van der Waals surface area contributed by atoms with Gasteiger partial charge in [0.2, 0.25) is 0 Å². The van der Waals surface area contributed by atoms with Gasteiger partial charge in [0.25, 0.3) is 0 Å². The summed E-state index contributed by atoms with van der Waals surface area (Å²) in [5.41, 5.74) is 0.217. The van der Waals surface area contributed by atoms with Gasteiger partial charge in [-0.3, -0.25) is 0 Å². The monoisotopic (exact) mass is 370 g/mol. The molecule has 0 aromatic heterocycles. The van der Waals surface area contributed by atoms with Crippen LogP contribution in [0.5, 0.6) is 0 Å². The number of carboxylic acid groups (broad SMARTS) is 1. The molecule has 9 heteroatoms. The SMILES string of the molecule is O=C(Nc1ccc(Br)c(Cl)c1Cl)NC(CO)C(=O)O. The Kier molecular flexibility index (Phi) is 5.86. The summed E-state index contributed by atoms with van der Waals surface area (Å²) in [6.07, 6.45) is 0. The van der Waals surface area contributed by atoms with E-state index in [2.05, 4.69) is 26.6 Å². The van der Waals surface area contributed by atoms with Gasteiger partial charge in [-0.15, -0.1) is 0 Å². The summed E-state index contributed by atoms with van der Waals surface area (Å²) in [6, 6.07) is 0.850. The molecule has 6 nitrogen and oxygen atoms in total. The van der Waals surface area contributed by atoms with Crippen LogP contribution in [0.2, 0.25) is 10.0 Å². The van der Waals surface area contributed by atoms with E-state index in [9.17, 15) is 9.59 Å². The second-order valence-electron chi connectivity index (χ2n) is 3.39. The molecular weight excluding hydrogens is 363 g/mol. The lowest BCUT2D eigenvalue weighted by Gasteiger charge is -2.14. The normalized spacial score (nSPS) is 11.8. The number of nitrogens with one attached hydrogen (secondary N) is 2. The van der Waals surface area contributed by atoms with Crippen LogP contribution in [-0.2, 0) is 4.79 Å². The Labute approximate surface area is 126 Å². The van der Waals surface area contributed by atoms with Crippen molar-refractivity contribution >= 4 is 56.8 Å². The lowest BCUT2D eigenvalue weighted by molar-refractivity contribution is -0.140. The van der Waals surface area contributed by atoms with Gasteiger partial charge in [-0.2, -0.15) is 0 Å².